The molecule has 0 saturated heterocycles. The summed E-state index contributed by atoms with van der Waals surface area (Å²) in [5.41, 5.74) is 7.45. The van der Waals surface area contributed by atoms with Crippen LogP contribution in [0.15, 0.2) is 24.3 Å². The van der Waals surface area contributed by atoms with Crippen LogP contribution in [0, 0.1) is 5.92 Å². The number of nitrogens with zero attached hydrogens (tertiary/aromatic N) is 1. The Balaban J connectivity index is 1.73. The van der Waals surface area contributed by atoms with Gasteiger partial charge in [0.05, 0.1) is 6.61 Å². The number of rotatable bonds is 9. The Morgan fingerprint density at radius 2 is 2.10 bits per heavy atom. The van der Waals surface area contributed by atoms with Crippen molar-refractivity contribution in [1.82, 2.24) is 4.90 Å². The first-order chi connectivity index (χ1) is 10.3. The lowest BCUT2D eigenvalue weighted by Gasteiger charge is -2.31. The first-order valence-corrected chi connectivity index (χ1v) is 8.50. The highest BCUT2D eigenvalue weighted by Crippen LogP contribution is 2.39. The molecule has 2 aliphatic carbocycles. The first-order valence-electron chi connectivity index (χ1n) is 8.50. The molecule has 0 bridgehead atoms. The van der Waals surface area contributed by atoms with Gasteiger partial charge in [-0.15, -0.1) is 0 Å². The van der Waals surface area contributed by atoms with Gasteiger partial charge in [-0.2, -0.15) is 0 Å². The molecule has 3 heteroatoms. The van der Waals surface area contributed by atoms with Gasteiger partial charge in [0.1, 0.15) is 5.75 Å². The van der Waals surface area contributed by atoms with Crippen molar-refractivity contribution in [3.05, 3.63) is 29.8 Å². The number of hydrogen-bond donors (Lipinski definition) is 1. The number of nitrogens with two attached hydrogens (primary N) is 1. The van der Waals surface area contributed by atoms with Gasteiger partial charge in [-0.1, -0.05) is 19.1 Å². The van der Waals surface area contributed by atoms with E-state index in [9.17, 15) is 0 Å². The van der Waals surface area contributed by atoms with Crippen molar-refractivity contribution in [2.75, 3.05) is 19.7 Å². The Morgan fingerprint density at radius 1 is 1.29 bits per heavy atom. The zero-order valence-electron chi connectivity index (χ0n) is 13.1. The predicted octanol–water partition coefficient (Wildman–Crippen LogP) is 3.35. The standard InChI is InChI=1S/C18H28N2O/c1-2-10-21-17-5-3-4-15(11-17)18(12-19)20(16-8-9-16)13-14-6-7-14/h3-5,11,14,16,18H,2,6-10,12-13,19H2,1H3. The summed E-state index contributed by atoms with van der Waals surface area (Å²) in [6, 6.07) is 9.66. The maximum atomic E-state index is 6.14. The van der Waals surface area contributed by atoms with E-state index in [2.05, 4.69) is 36.1 Å². The van der Waals surface area contributed by atoms with Gasteiger partial charge >= 0.3 is 0 Å². The monoisotopic (exact) mass is 288 g/mol. The van der Waals surface area contributed by atoms with Crippen LogP contribution in [0.3, 0.4) is 0 Å². The van der Waals surface area contributed by atoms with E-state index in [0.29, 0.717) is 12.6 Å². The van der Waals surface area contributed by atoms with Crippen LogP contribution >= 0.6 is 0 Å². The van der Waals surface area contributed by atoms with Gasteiger partial charge in [-0.25, -0.2) is 0 Å². The lowest BCUT2D eigenvalue weighted by Crippen LogP contribution is -2.37. The molecule has 0 amide bonds. The van der Waals surface area contributed by atoms with Gasteiger partial charge < -0.3 is 10.5 Å². The summed E-state index contributed by atoms with van der Waals surface area (Å²) in [7, 11) is 0. The van der Waals surface area contributed by atoms with Crippen LogP contribution in [0.2, 0.25) is 0 Å². The van der Waals surface area contributed by atoms with E-state index in [1.807, 2.05) is 0 Å². The summed E-state index contributed by atoms with van der Waals surface area (Å²) in [4.78, 5) is 2.66. The third-order valence-electron chi connectivity index (χ3n) is 4.52. The molecule has 3 nitrogen and oxygen atoms in total. The highest BCUT2D eigenvalue weighted by molar-refractivity contribution is 5.31. The fraction of sp³-hybridized carbons (Fsp3) is 0.667. The Bertz CT molecular complexity index is 454. The van der Waals surface area contributed by atoms with E-state index in [1.165, 1.54) is 37.8 Å². The van der Waals surface area contributed by atoms with Crippen LogP contribution in [0.5, 0.6) is 5.75 Å². The minimum absolute atomic E-state index is 0.350. The van der Waals surface area contributed by atoms with Crippen molar-refractivity contribution in [1.29, 1.82) is 0 Å². The zero-order valence-corrected chi connectivity index (χ0v) is 13.1. The summed E-state index contributed by atoms with van der Waals surface area (Å²) < 4.78 is 5.78. The lowest BCUT2D eigenvalue weighted by atomic mass is 10.0. The minimum Gasteiger partial charge on any atom is -0.494 e. The van der Waals surface area contributed by atoms with Gasteiger partial charge in [0.15, 0.2) is 0 Å². The van der Waals surface area contributed by atoms with E-state index in [-0.39, 0.29) is 0 Å². The molecule has 1 unspecified atom stereocenters. The van der Waals surface area contributed by atoms with Crippen LogP contribution in [-0.2, 0) is 0 Å². The molecule has 1 atom stereocenters. The van der Waals surface area contributed by atoms with E-state index in [4.69, 9.17) is 10.5 Å². The summed E-state index contributed by atoms with van der Waals surface area (Å²) in [5.74, 6) is 1.90. The van der Waals surface area contributed by atoms with Crippen molar-refractivity contribution in [3.8, 4) is 5.75 Å². The molecular formula is C18H28N2O. The normalized spacial score (nSPS) is 19.8. The van der Waals surface area contributed by atoms with E-state index in [0.717, 1.165) is 30.7 Å². The molecule has 3 rings (SSSR count). The molecule has 2 aliphatic rings. The Hall–Kier alpha value is -1.06. The summed E-state index contributed by atoms with van der Waals surface area (Å²) in [6.45, 7) is 4.84. The smallest absolute Gasteiger partial charge is 0.119 e. The average Bonchev–Trinajstić information content (AvgIpc) is 3.38. The van der Waals surface area contributed by atoms with Crippen LogP contribution < -0.4 is 10.5 Å². The Morgan fingerprint density at radius 3 is 2.71 bits per heavy atom. The fourth-order valence-corrected chi connectivity index (χ4v) is 3.03. The van der Waals surface area contributed by atoms with E-state index >= 15 is 0 Å². The predicted molar refractivity (Wildman–Crippen MR) is 86.5 cm³/mol. The van der Waals surface area contributed by atoms with E-state index in [1.54, 1.807) is 0 Å². The van der Waals surface area contributed by atoms with E-state index < -0.39 is 0 Å². The largest absolute Gasteiger partial charge is 0.494 e. The molecule has 116 valence electrons. The SMILES string of the molecule is CCCOc1cccc(C(CN)N(CC2CC2)C2CC2)c1. The molecule has 0 aliphatic heterocycles. The molecule has 2 saturated carbocycles. The Labute approximate surface area is 128 Å². The molecule has 0 radical (unpaired) electrons. The second-order valence-corrected chi connectivity index (χ2v) is 6.54. The number of ether oxygens (including phenoxy) is 1. The zero-order chi connectivity index (χ0) is 14.7. The highest BCUT2D eigenvalue weighted by atomic mass is 16.5. The quantitative estimate of drug-likeness (QED) is 0.757. The molecular weight excluding hydrogens is 260 g/mol. The third kappa shape index (κ3) is 3.98. The molecule has 1 aromatic carbocycles. The van der Waals surface area contributed by atoms with Gasteiger partial charge in [-0.05, 0) is 55.7 Å². The molecule has 21 heavy (non-hydrogen) atoms. The molecule has 0 heterocycles. The van der Waals surface area contributed by atoms with Crippen molar-refractivity contribution >= 4 is 0 Å². The lowest BCUT2D eigenvalue weighted by molar-refractivity contribution is 0.182. The van der Waals surface area contributed by atoms with Crippen molar-refractivity contribution in [2.45, 2.75) is 51.1 Å². The number of hydrogen-bond acceptors (Lipinski definition) is 3. The minimum atomic E-state index is 0.350. The van der Waals surface area contributed by atoms with Gasteiger partial charge in [0.2, 0.25) is 0 Å². The topological polar surface area (TPSA) is 38.5 Å². The summed E-state index contributed by atoms with van der Waals surface area (Å²) in [5, 5.41) is 0. The van der Waals surface area contributed by atoms with Crippen molar-refractivity contribution in [3.63, 3.8) is 0 Å². The van der Waals surface area contributed by atoms with Crippen LogP contribution in [0.4, 0.5) is 0 Å². The third-order valence-corrected chi connectivity index (χ3v) is 4.52. The highest BCUT2D eigenvalue weighted by Gasteiger charge is 2.37. The summed E-state index contributed by atoms with van der Waals surface area (Å²) >= 11 is 0. The van der Waals surface area contributed by atoms with Crippen LogP contribution in [0.1, 0.15) is 50.6 Å². The maximum absolute atomic E-state index is 6.14. The van der Waals surface area contributed by atoms with Crippen LogP contribution in [0.25, 0.3) is 0 Å². The summed E-state index contributed by atoms with van der Waals surface area (Å²) in [6.07, 6.45) is 6.53. The molecule has 2 N–H and O–H groups in total. The van der Waals surface area contributed by atoms with Crippen molar-refractivity contribution < 1.29 is 4.74 Å². The maximum Gasteiger partial charge on any atom is 0.119 e. The number of benzene rings is 1. The molecule has 2 fully saturated rings. The molecule has 0 spiro atoms. The van der Waals surface area contributed by atoms with Crippen molar-refractivity contribution in [2.24, 2.45) is 11.7 Å². The fourth-order valence-electron chi connectivity index (χ4n) is 3.03. The second kappa shape index (κ2) is 6.80. The van der Waals surface area contributed by atoms with Gasteiger partial charge in [0.25, 0.3) is 0 Å². The van der Waals surface area contributed by atoms with Gasteiger partial charge in [-0.3, -0.25) is 4.90 Å². The Kier molecular flexibility index (Phi) is 4.81. The second-order valence-electron chi connectivity index (χ2n) is 6.54. The first kappa shape index (κ1) is 14.9. The average molecular weight is 288 g/mol. The molecule has 1 aromatic rings. The van der Waals surface area contributed by atoms with Gasteiger partial charge in [0, 0.05) is 25.2 Å². The van der Waals surface area contributed by atoms with Crippen LogP contribution in [-0.4, -0.2) is 30.6 Å². The molecule has 0 aromatic heterocycles.